The van der Waals surface area contributed by atoms with E-state index in [1.54, 1.807) is 0 Å². The number of hydrogen-bond acceptors (Lipinski definition) is 4. The Morgan fingerprint density at radius 2 is 1.84 bits per heavy atom. The van der Waals surface area contributed by atoms with Crippen LogP contribution in [0.4, 0.5) is 5.69 Å². The average Bonchev–Trinajstić information content (AvgIpc) is 2.66. The lowest BCUT2D eigenvalue weighted by molar-refractivity contribution is 0.185. The summed E-state index contributed by atoms with van der Waals surface area (Å²) in [6, 6.07) is 8.99. The Hall–Kier alpha value is -1.71. The van der Waals surface area contributed by atoms with E-state index in [0.29, 0.717) is 12.0 Å². The number of guanidine groups is 1. The van der Waals surface area contributed by atoms with Crippen molar-refractivity contribution in [3.63, 3.8) is 0 Å². The summed E-state index contributed by atoms with van der Waals surface area (Å²) in [4.78, 5) is 8.74. The van der Waals surface area contributed by atoms with Crippen LogP contribution in [-0.4, -0.2) is 37.5 Å². The van der Waals surface area contributed by atoms with Crippen LogP contribution in [0.3, 0.4) is 0 Å². The minimum Gasteiger partial charge on any atom is -0.378 e. The molecule has 4 heteroatoms. The number of benzene rings is 1. The van der Waals surface area contributed by atoms with Crippen LogP contribution in [0.5, 0.6) is 0 Å². The van der Waals surface area contributed by atoms with Crippen LogP contribution in [-0.2, 0) is 5.54 Å². The highest BCUT2D eigenvalue weighted by molar-refractivity contribution is 5.81. The Kier molecular flexibility index (Phi) is 3.43. The summed E-state index contributed by atoms with van der Waals surface area (Å²) in [5.41, 5.74) is 8.37. The normalized spacial score (nSPS) is 22.8. The van der Waals surface area contributed by atoms with Gasteiger partial charge in [0.2, 0.25) is 0 Å². The standard InChI is InChI=1S/C15H24N4/c1-11(2)19-14(16)17-10-15(19,3)12-6-8-13(9-7-12)18(4)5/h6-9,11H,10H2,1-5H3,(H2,16,17). The number of aliphatic imine (C=N–C) groups is 1. The van der Waals surface area contributed by atoms with Gasteiger partial charge in [0.05, 0.1) is 12.1 Å². The monoisotopic (exact) mass is 260 g/mol. The molecule has 0 aromatic heterocycles. The molecule has 4 nitrogen and oxygen atoms in total. The van der Waals surface area contributed by atoms with E-state index in [9.17, 15) is 0 Å². The Morgan fingerprint density at radius 3 is 2.32 bits per heavy atom. The average molecular weight is 260 g/mol. The van der Waals surface area contributed by atoms with Crippen LogP contribution in [0.1, 0.15) is 26.3 Å². The Labute approximate surface area is 115 Å². The maximum Gasteiger partial charge on any atom is 0.192 e. The van der Waals surface area contributed by atoms with Gasteiger partial charge in [0, 0.05) is 25.8 Å². The van der Waals surface area contributed by atoms with Crippen molar-refractivity contribution in [2.24, 2.45) is 10.7 Å². The zero-order valence-corrected chi connectivity index (χ0v) is 12.5. The van der Waals surface area contributed by atoms with Crippen molar-refractivity contribution in [2.75, 3.05) is 25.5 Å². The van der Waals surface area contributed by atoms with Gasteiger partial charge >= 0.3 is 0 Å². The van der Waals surface area contributed by atoms with Gasteiger partial charge in [0.1, 0.15) is 0 Å². The summed E-state index contributed by atoms with van der Waals surface area (Å²) >= 11 is 0. The lowest BCUT2D eigenvalue weighted by Crippen LogP contribution is -2.51. The van der Waals surface area contributed by atoms with Crippen LogP contribution in [0.2, 0.25) is 0 Å². The van der Waals surface area contributed by atoms with Gasteiger partial charge in [0.15, 0.2) is 5.96 Å². The van der Waals surface area contributed by atoms with E-state index in [-0.39, 0.29) is 5.54 Å². The maximum atomic E-state index is 6.04. The first-order valence-corrected chi connectivity index (χ1v) is 6.73. The molecule has 0 bridgehead atoms. The van der Waals surface area contributed by atoms with Gasteiger partial charge in [-0.15, -0.1) is 0 Å². The molecular formula is C15H24N4. The smallest absolute Gasteiger partial charge is 0.192 e. The SMILES string of the molecule is CC(C)N1C(N)=NCC1(C)c1ccc(N(C)C)cc1. The van der Waals surface area contributed by atoms with Gasteiger partial charge in [-0.05, 0) is 38.5 Å². The largest absolute Gasteiger partial charge is 0.378 e. The molecule has 0 aliphatic carbocycles. The first-order chi connectivity index (χ1) is 8.86. The highest BCUT2D eigenvalue weighted by atomic mass is 15.4. The quantitative estimate of drug-likeness (QED) is 0.904. The second-order valence-corrected chi connectivity index (χ2v) is 5.85. The van der Waals surface area contributed by atoms with Crippen molar-refractivity contribution < 1.29 is 0 Å². The molecule has 1 aliphatic rings. The number of nitrogens with two attached hydrogens (primary N) is 1. The summed E-state index contributed by atoms with van der Waals surface area (Å²) in [5.74, 6) is 0.647. The molecule has 104 valence electrons. The lowest BCUT2D eigenvalue weighted by atomic mass is 9.90. The molecule has 0 spiro atoms. The number of rotatable bonds is 3. The second-order valence-electron chi connectivity index (χ2n) is 5.85. The molecule has 0 saturated heterocycles. The van der Waals surface area contributed by atoms with Crippen LogP contribution >= 0.6 is 0 Å². The fourth-order valence-electron chi connectivity index (χ4n) is 2.82. The molecular weight excluding hydrogens is 236 g/mol. The molecule has 1 unspecified atom stereocenters. The molecule has 0 radical (unpaired) electrons. The predicted octanol–water partition coefficient (Wildman–Crippen LogP) is 2.01. The predicted molar refractivity (Wildman–Crippen MR) is 81.6 cm³/mol. The third kappa shape index (κ3) is 2.27. The van der Waals surface area contributed by atoms with Crippen molar-refractivity contribution in [2.45, 2.75) is 32.4 Å². The fraction of sp³-hybridized carbons (Fsp3) is 0.533. The van der Waals surface area contributed by atoms with Crippen molar-refractivity contribution in [3.05, 3.63) is 29.8 Å². The van der Waals surface area contributed by atoms with Crippen molar-refractivity contribution in [1.82, 2.24) is 4.90 Å². The highest BCUT2D eigenvalue weighted by Gasteiger charge is 2.40. The van der Waals surface area contributed by atoms with Gasteiger partial charge in [-0.3, -0.25) is 4.99 Å². The first-order valence-electron chi connectivity index (χ1n) is 6.73. The van der Waals surface area contributed by atoms with E-state index in [0.717, 1.165) is 6.54 Å². The number of hydrogen-bond donors (Lipinski definition) is 1. The van der Waals surface area contributed by atoms with Crippen LogP contribution in [0.15, 0.2) is 29.3 Å². The van der Waals surface area contributed by atoms with Crippen molar-refractivity contribution in [1.29, 1.82) is 0 Å². The molecule has 2 N–H and O–H groups in total. The van der Waals surface area contributed by atoms with Crippen LogP contribution in [0, 0.1) is 0 Å². The van der Waals surface area contributed by atoms with Gasteiger partial charge in [-0.1, -0.05) is 12.1 Å². The summed E-state index contributed by atoms with van der Waals surface area (Å²) in [5, 5.41) is 0. The van der Waals surface area contributed by atoms with Crippen LogP contribution in [0.25, 0.3) is 0 Å². The summed E-state index contributed by atoms with van der Waals surface area (Å²) < 4.78 is 0. The molecule has 1 aromatic carbocycles. The van der Waals surface area contributed by atoms with Gasteiger partial charge in [-0.2, -0.15) is 0 Å². The number of anilines is 1. The lowest BCUT2D eigenvalue weighted by Gasteiger charge is -2.39. The van der Waals surface area contributed by atoms with Crippen LogP contribution < -0.4 is 10.6 Å². The third-order valence-corrected chi connectivity index (χ3v) is 3.85. The molecule has 0 fully saturated rings. The molecule has 0 amide bonds. The molecule has 0 saturated carbocycles. The highest BCUT2D eigenvalue weighted by Crippen LogP contribution is 2.34. The summed E-state index contributed by atoms with van der Waals surface area (Å²) in [7, 11) is 4.10. The van der Waals surface area contributed by atoms with Gasteiger partial charge in [-0.25, -0.2) is 0 Å². The minimum atomic E-state index is -0.136. The third-order valence-electron chi connectivity index (χ3n) is 3.85. The van der Waals surface area contributed by atoms with E-state index in [4.69, 9.17) is 5.73 Å². The molecule has 19 heavy (non-hydrogen) atoms. The zero-order chi connectivity index (χ0) is 14.2. The molecule has 1 heterocycles. The van der Waals surface area contributed by atoms with E-state index in [1.807, 2.05) is 14.1 Å². The topological polar surface area (TPSA) is 44.9 Å². The van der Waals surface area contributed by atoms with E-state index in [1.165, 1.54) is 11.3 Å². The Balaban J connectivity index is 2.35. The second kappa shape index (κ2) is 4.76. The first kappa shape index (κ1) is 13.7. The molecule has 1 aromatic rings. The Morgan fingerprint density at radius 1 is 1.26 bits per heavy atom. The van der Waals surface area contributed by atoms with Crippen molar-refractivity contribution in [3.8, 4) is 0 Å². The van der Waals surface area contributed by atoms with E-state index < -0.39 is 0 Å². The fourth-order valence-corrected chi connectivity index (χ4v) is 2.82. The van der Waals surface area contributed by atoms with Gasteiger partial charge < -0.3 is 15.5 Å². The molecule has 2 rings (SSSR count). The minimum absolute atomic E-state index is 0.136. The van der Waals surface area contributed by atoms with E-state index >= 15 is 0 Å². The summed E-state index contributed by atoms with van der Waals surface area (Å²) in [6.07, 6.45) is 0. The summed E-state index contributed by atoms with van der Waals surface area (Å²) in [6.45, 7) is 7.24. The van der Waals surface area contributed by atoms with E-state index in [2.05, 4.69) is 59.8 Å². The number of nitrogens with zero attached hydrogens (tertiary/aromatic N) is 3. The zero-order valence-electron chi connectivity index (χ0n) is 12.5. The maximum absolute atomic E-state index is 6.04. The molecule has 1 atom stereocenters. The Bertz CT molecular complexity index is 475. The van der Waals surface area contributed by atoms with Crippen molar-refractivity contribution >= 4 is 11.6 Å². The van der Waals surface area contributed by atoms with Gasteiger partial charge in [0.25, 0.3) is 0 Å². The molecule has 1 aliphatic heterocycles.